The highest BCUT2D eigenvalue weighted by Crippen LogP contribution is 2.37. The molecule has 0 radical (unpaired) electrons. The lowest BCUT2D eigenvalue weighted by Crippen LogP contribution is -2.17. The van der Waals surface area contributed by atoms with Crippen LogP contribution in [-0.2, 0) is 4.79 Å². The molecule has 0 fully saturated rings. The lowest BCUT2D eigenvalue weighted by atomic mass is 9.97. The number of aromatic nitrogens is 1. The molecular formula is C20H15F4NO5. The minimum atomic E-state index is -4.89. The van der Waals surface area contributed by atoms with Gasteiger partial charge in [-0.1, -0.05) is 0 Å². The van der Waals surface area contributed by atoms with Gasteiger partial charge in [-0.15, -0.1) is 13.2 Å². The molecule has 1 heterocycles. The molecule has 2 aromatic carbocycles. The second kappa shape index (κ2) is 7.36. The topological polar surface area (TPSA) is 88.8 Å². The summed E-state index contributed by atoms with van der Waals surface area (Å²) in [6.07, 6.45) is -4.89. The Morgan fingerprint density at radius 3 is 2.23 bits per heavy atom. The van der Waals surface area contributed by atoms with E-state index in [9.17, 15) is 37.4 Å². The monoisotopic (exact) mass is 425 g/mol. The molecule has 6 nitrogen and oxygen atoms in total. The number of halogens is 4. The zero-order valence-electron chi connectivity index (χ0n) is 15.6. The van der Waals surface area contributed by atoms with Gasteiger partial charge in [0.15, 0.2) is 11.6 Å². The summed E-state index contributed by atoms with van der Waals surface area (Å²) in [4.78, 5) is 24.6. The van der Waals surface area contributed by atoms with Crippen LogP contribution in [0.25, 0.3) is 10.9 Å². The van der Waals surface area contributed by atoms with Crippen LogP contribution < -0.4 is 4.74 Å². The van der Waals surface area contributed by atoms with Crippen LogP contribution in [0.4, 0.5) is 17.6 Å². The van der Waals surface area contributed by atoms with Crippen LogP contribution in [0.2, 0.25) is 0 Å². The van der Waals surface area contributed by atoms with E-state index in [-0.39, 0.29) is 27.7 Å². The summed E-state index contributed by atoms with van der Waals surface area (Å²) < 4.78 is 56.4. The Balaban J connectivity index is 2.16. The first-order valence-corrected chi connectivity index (χ1v) is 8.58. The van der Waals surface area contributed by atoms with Crippen molar-refractivity contribution in [2.45, 2.75) is 26.1 Å². The van der Waals surface area contributed by atoms with Crippen LogP contribution in [0.5, 0.6) is 11.5 Å². The first-order valence-electron chi connectivity index (χ1n) is 8.58. The molecule has 1 aromatic heterocycles. The normalized spacial score (nSPS) is 12.7. The number of hydrogen-bond acceptors (Lipinski definition) is 4. The van der Waals surface area contributed by atoms with E-state index in [0.29, 0.717) is 0 Å². The number of phenolic OH excluding ortho intramolecular Hbond substituents is 1. The zero-order valence-corrected chi connectivity index (χ0v) is 15.6. The molecule has 0 aliphatic rings. The van der Waals surface area contributed by atoms with Crippen molar-refractivity contribution in [3.05, 3.63) is 59.0 Å². The second-order valence-corrected chi connectivity index (χ2v) is 6.56. The number of rotatable bonds is 4. The minimum Gasteiger partial charge on any atom is -0.505 e. The number of carbonyl (C=O) groups excluding carboxylic acids is 1. The van der Waals surface area contributed by atoms with Crippen LogP contribution in [0.1, 0.15) is 34.5 Å². The molecule has 3 aromatic rings. The Morgan fingerprint density at radius 1 is 1.10 bits per heavy atom. The van der Waals surface area contributed by atoms with Gasteiger partial charge in [-0.25, -0.2) is 4.39 Å². The summed E-state index contributed by atoms with van der Waals surface area (Å²) in [5, 5.41) is 18.9. The van der Waals surface area contributed by atoms with E-state index in [1.165, 1.54) is 19.9 Å². The van der Waals surface area contributed by atoms with Crippen LogP contribution in [0.15, 0.2) is 36.4 Å². The molecule has 10 heteroatoms. The molecule has 158 valence electrons. The van der Waals surface area contributed by atoms with Crippen molar-refractivity contribution in [3.8, 4) is 11.5 Å². The maximum absolute atomic E-state index is 14.7. The van der Waals surface area contributed by atoms with Crippen LogP contribution in [-0.4, -0.2) is 33.0 Å². The maximum Gasteiger partial charge on any atom is 0.573 e. The molecular weight excluding hydrogens is 410 g/mol. The third-order valence-electron chi connectivity index (χ3n) is 4.68. The first-order chi connectivity index (χ1) is 13.9. The van der Waals surface area contributed by atoms with Crippen molar-refractivity contribution in [1.29, 1.82) is 0 Å². The molecule has 0 amide bonds. The minimum absolute atomic E-state index is 0.0104. The average molecular weight is 425 g/mol. The van der Waals surface area contributed by atoms with Gasteiger partial charge in [0.1, 0.15) is 5.75 Å². The Bertz CT molecular complexity index is 1150. The third-order valence-corrected chi connectivity index (χ3v) is 4.68. The first kappa shape index (κ1) is 21.2. The predicted molar refractivity (Wildman–Crippen MR) is 97.2 cm³/mol. The quantitative estimate of drug-likeness (QED) is 0.598. The van der Waals surface area contributed by atoms with Crippen molar-refractivity contribution in [2.75, 3.05) is 0 Å². The molecule has 0 aliphatic carbocycles. The van der Waals surface area contributed by atoms with Gasteiger partial charge in [0.25, 0.3) is 5.91 Å². The number of alkyl halides is 3. The van der Waals surface area contributed by atoms with E-state index in [1.54, 1.807) is 0 Å². The molecule has 1 atom stereocenters. The van der Waals surface area contributed by atoms with Crippen molar-refractivity contribution in [3.63, 3.8) is 0 Å². The number of hydrogen-bond donors (Lipinski definition) is 2. The summed E-state index contributed by atoms with van der Waals surface area (Å²) in [5.41, 5.74) is 0.125. The smallest absolute Gasteiger partial charge is 0.505 e. The van der Waals surface area contributed by atoms with Crippen LogP contribution in [0, 0.1) is 12.7 Å². The summed E-state index contributed by atoms with van der Waals surface area (Å²) in [7, 11) is 0. The van der Waals surface area contributed by atoms with Gasteiger partial charge in [-0.3, -0.25) is 14.2 Å². The molecule has 0 saturated carbocycles. The summed E-state index contributed by atoms with van der Waals surface area (Å²) in [5.74, 6) is -5.48. The average Bonchev–Trinajstić information content (AvgIpc) is 2.95. The van der Waals surface area contributed by atoms with Gasteiger partial charge >= 0.3 is 12.3 Å². The fourth-order valence-electron chi connectivity index (χ4n) is 3.32. The Labute approximate surface area is 166 Å². The number of nitrogens with zero attached hydrogens (tertiary/aromatic N) is 1. The molecule has 0 spiro atoms. The summed E-state index contributed by atoms with van der Waals surface area (Å²) >= 11 is 0. The van der Waals surface area contributed by atoms with Gasteiger partial charge in [-0.05, 0) is 55.8 Å². The van der Waals surface area contributed by atoms with Crippen LogP contribution >= 0.6 is 0 Å². The number of benzene rings is 2. The second-order valence-electron chi connectivity index (χ2n) is 6.56. The number of aromatic hydroxyl groups is 1. The van der Waals surface area contributed by atoms with E-state index in [1.807, 2.05) is 0 Å². The molecule has 0 unspecified atom stereocenters. The van der Waals surface area contributed by atoms with E-state index >= 15 is 0 Å². The molecule has 0 saturated heterocycles. The highest BCUT2D eigenvalue weighted by Gasteiger charge is 2.32. The molecule has 2 N–H and O–H groups in total. The van der Waals surface area contributed by atoms with E-state index in [2.05, 4.69) is 4.74 Å². The lowest BCUT2D eigenvalue weighted by molar-refractivity contribution is -0.274. The van der Waals surface area contributed by atoms with Gasteiger partial charge in [0.2, 0.25) is 0 Å². The van der Waals surface area contributed by atoms with Gasteiger partial charge in [-0.2, -0.15) is 0 Å². The summed E-state index contributed by atoms with van der Waals surface area (Å²) in [6.45, 7) is 2.73. The van der Waals surface area contributed by atoms with Gasteiger partial charge in [0, 0.05) is 16.6 Å². The molecule has 3 rings (SSSR count). The van der Waals surface area contributed by atoms with E-state index < -0.39 is 41.5 Å². The third kappa shape index (κ3) is 3.68. The summed E-state index contributed by atoms with van der Waals surface area (Å²) in [6, 6.07) is 6.40. The molecule has 0 aliphatic heterocycles. The number of fused-ring (bicyclic) bond motifs is 1. The standard InChI is InChI=1S/C20H15F4NO5/c1-9(19(28)29)15-10(2)25(13-7-8-14(26)17(21)16(13)15)18(27)11-3-5-12(6-4-11)30-20(22,23)24/h3-9,26H,1-2H3,(H,28,29)/t9-/m1/s1. The van der Waals surface area contributed by atoms with Crippen molar-refractivity contribution >= 4 is 22.8 Å². The Morgan fingerprint density at radius 2 is 1.70 bits per heavy atom. The number of ether oxygens (including phenoxy) is 1. The van der Waals surface area contributed by atoms with Crippen LogP contribution in [0.3, 0.4) is 0 Å². The highest BCUT2D eigenvalue weighted by atomic mass is 19.4. The van der Waals surface area contributed by atoms with Gasteiger partial charge in [0.05, 0.1) is 11.4 Å². The van der Waals surface area contributed by atoms with Crippen molar-refractivity contribution < 1.29 is 42.1 Å². The fraction of sp³-hybridized carbons (Fsp3) is 0.200. The van der Waals surface area contributed by atoms with Gasteiger partial charge < -0.3 is 14.9 Å². The van der Waals surface area contributed by atoms with E-state index in [0.717, 1.165) is 34.9 Å². The zero-order chi connectivity index (χ0) is 22.4. The Kier molecular flexibility index (Phi) is 5.19. The lowest BCUT2D eigenvalue weighted by Gasteiger charge is -2.11. The SMILES string of the molecule is Cc1c([C@@H](C)C(=O)O)c2c(F)c(O)ccc2n1C(=O)c1ccc(OC(F)(F)F)cc1. The molecule has 30 heavy (non-hydrogen) atoms. The fourth-order valence-corrected chi connectivity index (χ4v) is 3.32. The number of aliphatic carboxylic acids is 1. The number of carboxylic acid groups (broad SMARTS) is 1. The number of carbonyl (C=O) groups is 2. The van der Waals surface area contributed by atoms with Crippen molar-refractivity contribution in [2.24, 2.45) is 0 Å². The van der Waals surface area contributed by atoms with Crippen molar-refractivity contribution in [1.82, 2.24) is 4.57 Å². The highest BCUT2D eigenvalue weighted by molar-refractivity contribution is 6.05. The number of carboxylic acids is 1. The predicted octanol–water partition coefficient (Wildman–Crippen LogP) is 4.57. The van der Waals surface area contributed by atoms with E-state index in [4.69, 9.17) is 0 Å². The maximum atomic E-state index is 14.7. The Hall–Kier alpha value is -3.56. The number of phenols is 1. The largest absolute Gasteiger partial charge is 0.573 e. The molecule has 0 bridgehead atoms.